The molecule has 1 aliphatic heterocycles. The van der Waals surface area contributed by atoms with E-state index in [-0.39, 0.29) is 0 Å². The Morgan fingerprint density at radius 3 is 2.94 bits per heavy atom. The summed E-state index contributed by atoms with van der Waals surface area (Å²) in [5.74, 6) is 1.06. The van der Waals surface area contributed by atoms with Gasteiger partial charge in [0, 0.05) is 6.54 Å². The molecule has 0 saturated carbocycles. The number of ether oxygens (including phenoxy) is 1. The summed E-state index contributed by atoms with van der Waals surface area (Å²) in [4.78, 5) is 0. The first-order valence-electron chi connectivity index (χ1n) is 6.41. The molecule has 1 aromatic carbocycles. The Hall–Kier alpha value is -1.02. The predicted molar refractivity (Wildman–Crippen MR) is 65.0 cm³/mol. The summed E-state index contributed by atoms with van der Waals surface area (Å²) in [5.41, 5.74) is 3.02. The minimum atomic E-state index is 0.369. The first-order chi connectivity index (χ1) is 7.92. The van der Waals surface area contributed by atoms with Crippen molar-refractivity contribution in [1.82, 2.24) is 5.32 Å². The van der Waals surface area contributed by atoms with Crippen LogP contribution >= 0.6 is 0 Å². The van der Waals surface area contributed by atoms with Crippen molar-refractivity contribution in [2.45, 2.75) is 38.2 Å². The summed E-state index contributed by atoms with van der Waals surface area (Å²) in [6.07, 6.45) is 6.58. The summed E-state index contributed by atoms with van der Waals surface area (Å²) in [5, 5.41) is 3.38. The fourth-order valence-electron chi connectivity index (χ4n) is 2.73. The van der Waals surface area contributed by atoms with E-state index >= 15 is 0 Å². The topological polar surface area (TPSA) is 21.3 Å². The normalized spacial score (nSPS) is 24.1. The minimum absolute atomic E-state index is 0.369. The van der Waals surface area contributed by atoms with Crippen molar-refractivity contribution < 1.29 is 4.74 Å². The lowest BCUT2D eigenvalue weighted by molar-refractivity contribution is 0.167. The van der Waals surface area contributed by atoms with Crippen LogP contribution in [-0.2, 0) is 12.8 Å². The number of hydrogen-bond donors (Lipinski definition) is 1. The van der Waals surface area contributed by atoms with Crippen LogP contribution < -0.4 is 10.1 Å². The van der Waals surface area contributed by atoms with Gasteiger partial charge in [-0.1, -0.05) is 6.07 Å². The van der Waals surface area contributed by atoms with Gasteiger partial charge >= 0.3 is 0 Å². The lowest BCUT2D eigenvalue weighted by Gasteiger charge is -2.24. The van der Waals surface area contributed by atoms with Crippen LogP contribution in [0.5, 0.6) is 5.75 Å². The standard InChI is InChI=1S/C14H19NO/c1-3-11-6-7-13(9-12(11)4-1)16-14-5-2-8-15-10-14/h6-7,9,14-15H,1-5,8,10H2/t14-/m0/s1. The number of hydrogen-bond acceptors (Lipinski definition) is 2. The van der Waals surface area contributed by atoms with Crippen molar-refractivity contribution in [1.29, 1.82) is 0 Å². The first kappa shape index (κ1) is 10.2. The van der Waals surface area contributed by atoms with Gasteiger partial charge in [0.2, 0.25) is 0 Å². The molecule has 1 atom stereocenters. The molecule has 86 valence electrons. The van der Waals surface area contributed by atoms with Gasteiger partial charge in [-0.15, -0.1) is 0 Å². The molecule has 1 aliphatic carbocycles. The van der Waals surface area contributed by atoms with E-state index in [4.69, 9.17) is 4.74 Å². The van der Waals surface area contributed by atoms with E-state index in [1.54, 1.807) is 0 Å². The van der Waals surface area contributed by atoms with E-state index in [1.165, 1.54) is 43.2 Å². The summed E-state index contributed by atoms with van der Waals surface area (Å²) in [6.45, 7) is 2.14. The Balaban J connectivity index is 1.69. The molecule has 1 N–H and O–H groups in total. The molecule has 0 unspecified atom stereocenters. The number of benzene rings is 1. The van der Waals surface area contributed by atoms with Gasteiger partial charge in [0.1, 0.15) is 11.9 Å². The van der Waals surface area contributed by atoms with Gasteiger partial charge in [0.05, 0.1) is 0 Å². The van der Waals surface area contributed by atoms with E-state index in [0.717, 1.165) is 18.8 Å². The molecule has 1 aromatic rings. The molecule has 0 bridgehead atoms. The van der Waals surface area contributed by atoms with Crippen LogP contribution in [-0.4, -0.2) is 19.2 Å². The molecule has 0 radical (unpaired) electrons. The highest BCUT2D eigenvalue weighted by Gasteiger charge is 2.16. The molecule has 2 aliphatic rings. The van der Waals surface area contributed by atoms with Crippen LogP contribution in [0, 0.1) is 0 Å². The maximum Gasteiger partial charge on any atom is 0.120 e. The third-order valence-electron chi connectivity index (χ3n) is 3.62. The fraction of sp³-hybridized carbons (Fsp3) is 0.571. The van der Waals surface area contributed by atoms with Crippen LogP contribution in [0.25, 0.3) is 0 Å². The van der Waals surface area contributed by atoms with Crippen molar-refractivity contribution >= 4 is 0 Å². The highest BCUT2D eigenvalue weighted by atomic mass is 16.5. The summed E-state index contributed by atoms with van der Waals surface area (Å²) in [6, 6.07) is 6.63. The zero-order valence-corrected chi connectivity index (χ0v) is 9.67. The molecular formula is C14H19NO. The van der Waals surface area contributed by atoms with Crippen LogP contribution in [0.1, 0.15) is 30.4 Å². The van der Waals surface area contributed by atoms with E-state index in [2.05, 4.69) is 23.5 Å². The second kappa shape index (κ2) is 4.46. The highest BCUT2D eigenvalue weighted by molar-refractivity contribution is 5.38. The second-order valence-electron chi connectivity index (χ2n) is 4.87. The van der Waals surface area contributed by atoms with Gasteiger partial charge in [-0.2, -0.15) is 0 Å². The van der Waals surface area contributed by atoms with Crippen LogP contribution in [0.15, 0.2) is 18.2 Å². The Labute approximate surface area is 97.0 Å². The number of piperidine rings is 1. The smallest absolute Gasteiger partial charge is 0.120 e. The summed E-state index contributed by atoms with van der Waals surface area (Å²) in [7, 11) is 0. The Morgan fingerprint density at radius 1 is 1.12 bits per heavy atom. The lowest BCUT2D eigenvalue weighted by atomic mass is 10.1. The van der Waals surface area contributed by atoms with Crippen molar-refractivity contribution in [3.8, 4) is 5.75 Å². The third kappa shape index (κ3) is 2.07. The van der Waals surface area contributed by atoms with Crippen molar-refractivity contribution in [3.63, 3.8) is 0 Å². The molecule has 0 aromatic heterocycles. The Kier molecular flexibility index (Phi) is 2.83. The SMILES string of the molecule is c1cc2c(cc1O[C@H]1CCCNC1)CCC2. The molecule has 16 heavy (non-hydrogen) atoms. The van der Waals surface area contributed by atoms with Crippen molar-refractivity contribution in [2.75, 3.05) is 13.1 Å². The first-order valence-corrected chi connectivity index (χ1v) is 6.41. The largest absolute Gasteiger partial charge is 0.489 e. The molecule has 1 fully saturated rings. The fourth-order valence-corrected chi connectivity index (χ4v) is 2.73. The molecule has 1 heterocycles. The zero-order valence-electron chi connectivity index (χ0n) is 9.67. The molecule has 2 nitrogen and oxygen atoms in total. The van der Waals surface area contributed by atoms with Crippen LogP contribution in [0.3, 0.4) is 0 Å². The Morgan fingerprint density at radius 2 is 2.06 bits per heavy atom. The number of nitrogens with one attached hydrogen (secondary N) is 1. The molecule has 1 saturated heterocycles. The predicted octanol–water partition coefficient (Wildman–Crippen LogP) is 2.31. The average molecular weight is 217 g/mol. The number of fused-ring (bicyclic) bond motifs is 1. The van der Waals surface area contributed by atoms with Crippen molar-refractivity contribution in [3.05, 3.63) is 29.3 Å². The minimum Gasteiger partial charge on any atom is -0.489 e. The molecule has 0 amide bonds. The Bertz CT molecular complexity index is 369. The molecule has 2 heteroatoms. The van der Waals surface area contributed by atoms with Crippen LogP contribution in [0.4, 0.5) is 0 Å². The maximum atomic E-state index is 6.02. The van der Waals surface area contributed by atoms with Gasteiger partial charge in [0.15, 0.2) is 0 Å². The van der Waals surface area contributed by atoms with Gasteiger partial charge in [-0.3, -0.25) is 0 Å². The lowest BCUT2D eigenvalue weighted by Crippen LogP contribution is -2.37. The monoisotopic (exact) mass is 217 g/mol. The number of rotatable bonds is 2. The maximum absolute atomic E-state index is 6.02. The van der Waals surface area contributed by atoms with Gasteiger partial charge < -0.3 is 10.1 Å². The van der Waals surface area contributed by atoms with E-state index in [1.807, 2.05) is 0 Å². The van der Waals surface area contributed by atoms with E-state index in [9.17, 15) is 0 Å². The van der Waals surface area contributed by atoms with Crippen molar-refractivity contribution in [2.24, 2.45) is 0 Å². The molecule has 0 spiro atoms. The number of aryl methyl sites for hydroxylation is 2. The zero-order chi connectivity index (χ0) is 10.8. The molecule has 3 rings (SSSR count). The van der Waals surface area contributed by atoms with Crippen LogP contribution in [0.2, 0.25) is 0 Å². The summed E-state index contributed by atoms with van der Waals surface area (Å²) >= 11 is 0. The van der Waals surface area contributed by atoms with Gasteiger partial charge in [-0.25, -0.2) is 0 Å². The van der Waals surface area contributed by atoms with Gasteiger partial charge in [0.25, 0.3) is 0 Å². The second-order valence-corrected chi connectivity index (χ2v) is 4.87. The quantitative estimate of drug-likeness (QED) is 0.820. The third-order valence-corrected chi connectivity index (χ3v) is 3.62. The van der Waals surface area contributed by atoms with E-state index < -0.39 is 0 Å². The summed E-state index contributed by atoms with van der Waals surface area (Å²) < 4.78 is 6.02. The van der Waals surface area contributed by atoms with E-state index in [0.29, 0.717) is 6.10 Å². The highest BCUT2D eigenvalue weighted by Crippen LogP contribution is 2.27. The molecular weight excluding hydrogens is 198 g/mol. The van der Waals surface area contributed by atoms with Gasteiger partial charge in [-0.05, 0) is 61.9 Å². The average Bonchev–Trinajstić information content (AvgIpc) is 2.77.